The fourth-order valence-corrected chi connectivity index (χ4v) is 2.62. The second-order valence-electron chi connectivity index (χ2n) is 5.50. The van der Waals surface area contributed by atoms with Gasteiger partial charge in [-0.25, -0.2) is 4.98 Å². The molecule has 0 unspecified atom stereocenters. The molecule has 3 rings (SSSR count). The van der Waals surface area contributed by atoms with Crippen molar-refractivity contribution >= 4 is 22.3 Å². The molecular formula is C19H18N4O. The number of hydrogen-bond donors (Lipinski definition) is 1. The molecule has 5 heteroatoms. The van der Waals surface area contributed by atoms with Gasteiger partial charge in [0.1, 0.15) is 17.4 Å². The van der Waals surface area contributed by atoms with Crippen LogP contribution < -0.4 is 10.1 Å². The number of ether oxygens (including phenoxy) is 1. The van der Waals surface area contributed by atoms with Crippen molar-refractivity contribution in [2.24, 2.45) is 7.05 Å². The summed E-state index contributed by atoms with van der Waals surface area (Å²) in [5, 5.41) is 12.7. The summed E-state index contributed by atoms with van der Waals surface area (Å²) in [4.78, 5) is 4.56. The number of aromatic nitrogens is 2. The number of aryl methyl sites for hydroxylation is 2. The quantitative estimate of drug-likeness (QED) is 0.742. The Morgan fingerprint density at radius 3 is 2.79 bits per heavy atom. The van der Waals surface area contributed by atoms with E-state index in [0.717, 1.165) is 28.0 Å². The highest BCUT2D eigenvalue weighted by Gasteiger charge is 2.12. The van der Waals surface area contributed by atoms with Gasteiger partial charge in [-0.15, -0.1) is 0 Å². The van der Waals surface area contributed by atoms with Gasteiger partial charge in [0, 0.05) is 13.2 Å². The number of methoxy groups -OCH3 is 1. The maximum Gasteiger partial charge on any atom is 0.153 e. The van der Waals surface area contributed by atoms with E-state index in [2.05, 4.69) is 16.4 Å². The number of fused-ring (bicyclic) bond motifs is 1. The third-order valence-electron chi connectivity index (χ3n) is 3.88. The number of nitriles is 1. The SMILES string of the molecule is COc1ccc(C)cc1NC=C(C#N)c1nc2ccccc2n1C. The average molecular weight is 318 g/mol. The molecule has 1 aromatic heterocycles. The minimum atomic E-state index is 0.456. The van der Waals surface area contributed by atoms with Gasteiger partial charge in [0.2, 0.25) is 0 Å². The first kappa shape index (κ1) is 15.6. The minimum absolute atomic E-state index is 0.456. The lowest BCUT2D eigenvalue weighted by atomic mass is 10.2. The monoisotopic (exact) mass is 318 g/mol. The smallest absolute Gasteiger partial charge is 0.153 e. The topological polar surface area (TPSA) is 62.9 Å². The number of hydrogen-bond acceptors (Lipinski definition) is 4. The lowest BCUT2D eigenvalue weighted by Crippen LogP contribution is -1.99. The van der Waals surface area contributed by atoms with Crippen LogP contribution in [0, 0.1) is 18.3 Å². The van der Waals surface area contributed by atoms with E-state index >= 15 is 0 Å². The molecule has 5 nitrogen and oxygen atoms in total. The number of allylic oxidation sites excluding steroid dienone is 1. The molecule has 0 fully saturated rings. The van der Waals surface area contributed by atoms with Gasteiger partial charge in [-0.3, -0.25) is 0 Å². The summed E-state index contributed by atoms with van der Waals surface area (Å²) >= 11 is 0. The molecule has 0 bridgehead atoms. The fourth-order valence-electron chi connectivity index (χ4n) is 2.62. The Morgan fingerprint density at radius 1 is 1.29 bits per heavy atom. The standard InChI is InChI=1S/C19H18N4O/c1-13-8-9-18(24-3)16(10-13)21-12-14(11-20)19-22-15-6-4-5-7-17(15)23(19)2/h4-10,12,21H,1-3H3. The molecule has 1 heterocycles. The molecule has 0 atom stereocenters. The largest absolute Gasteiger partial charge is 0.495 e. The molecule has 0 aliphatic carbocycles. The van der Waals surface area contributed by atoms with E-state index < -0.39 is 0 Å². The second kappa shape index (κ2) is 6.47. The molecule has 24 heavy (non-hydrogen) atoms. The molecule has 2 aromatic carbocycles. The molecule has 120 valence electrons. The van der Waals surface area contributed by atoms with Crippen LogP contribution in [0.3, 0.4) is 0 Å². The van der Waals surface area contributed by atoms with Crippen molar-refractivity contribution in [2.45, 2.75) is 6.92 Å². The Morgan fingerprint density at radius 2 is 2.08 bits per heavy atom. The normalized spacial score (nSPS) is 11.3. The number of rotatable bonds is 4. The van der Waals surface area contributed by atoms with Gasteiger partial charge in [-0.1, -0.05) is 18.2 Å². The van der Waals surface area contributed by atoms with Crippen LogP contribution in [0.4, 0.5) is 5.69 Å². The van der Waals surface area contributed by atoms with E-state index in [-0.39, 0.29) is 0 Å². The third-order valence-corrected chi connectivity index (χ3v) is 3.88. The summed E-state index contributed by atoms with van der Waals surface area (Å²) in [6, 6.07) is 15.9. The van der Waals surface area contributed by atoms with Gasteiger partial charge in [0.15, 0.2) is 5.82 Å². The molecule has 0 radical (unpaired) electrons. The van der Waals surface area contributed by atoms with Crippen molar-refractivity contribution in [1.82, 2.24) is 9.55 Å². The van der Waals surface area contributed by atoms with Crippen molar-refractivity contribution in [3.8, 4) is 11.8 Å². The summed E-state index contributed by atoms with van der Waals surface area (Å²) in [5.41, 5.74) is 4.22. The summed E-state index contributed by atoms with van der Waals surface area (Å²) < 4.78 is 7.26. The molecule has 0 saturated carbocycles. The lowest BCUT2D eigenvalue weighted by Gasteiger charge is -2.09. The zero-order chi connectivity index (χ0) is 17.1. The van der Waals surface area contributed by atoms with Gasteiger partial charge in [0.25, 0.3) is 0 Å². The van der Waals surface area contributed by atoms with E-state index in [0.29, 0.717) is 11.4 Å². The van der Waals surface area contributed by atoms with Crippen molar-refractivity contribution in [3.05, 3.63) is 60.1 Å². The third kappa shape index (κ3) is 2.82. The van der Waals surface area contributed by atoms with Gasteiger partial charge in [-0.05, 0) is 36.8 Å². The van der Waals surface area contributed by atoms with Gasteiger partial charge in [-0.2, -0.15) is 5.26 Å². The second-order valence-corrected chi connectivity index (χ2v) is 5.50. The zero-order valence-electron chi connectivity index (χ0n) is 13.9. The van der Waals surface area contributed by atoms with Crippen LogP contribution in [0.1, 0.15) is 11.4 Å². The molecule has 3 aromatic rings. The molecule has 0 amide bonds. The van der Waals surface area contributed by atoms with Crippen molar-refractivity contribution in [1.29, 1.82) is 5.26 Å². The van der Waals surface area contributed by atoms with Crippen LogP contribution in [-0.2, 0) is 7.05 Å². The molecule has 0 spiro atoms. The Bertz CT molecular complexity index is 963. The maximum atomic E-state index is 9.55. The highest BCUT2D eigenvalue weighted by Crippen LogP contribution is 2.26. The first-order valence-corrected chi connectivity index (χ1v) is 7.57. The first-order valence-electron chi connectivity index (χ1n) is 7.57. The molecular weight excluding hydrogens is 300 g/mol. The van der Waals surface area contributed by atoms with Gasteiger partial charge < -0.3 is 14.6 Å². The highest BCUT2D eigenvalue weighted by molar-refractivity contribution is 5.83. The fraction of sp³-hybridized carbons (Fsp3) is 0.158. The predicted molar refractivity (Wildman–Crippen MR) is 95.7 cm³/mol. The average Bonchev–Trinajstić information content (AvgIpc) is 2.93. The van der Waals surface area contributed by atoms with Crippen LogP contribution >= 0.6 is 0 Å². The van der Waals surface area contributed by atoms with Crippen molar-refractivity contribution < 1.29 is 4.74 Å². The van der Waals surface area contributed by atoms with Crippen LogP contribution in [-0.4, -0.2) is 16.7 Å². The van der Waals surface area contributed by atoms with E-state index in [9.17, 15) is 5.26 Å². The number of nitrogens with zero attached hydrogens (tertiary/aromatic N) is 3. The summed E-state index contributed by atoms with van der Waals surface area (Å²) in [7, 11) is 3.53. The number of imidazole rings is 1. The Labute approximate surface area is 140 Å². The summed E-state index contributed by atoms with van der Waals surface area (Å²) in [5.74, 6) is 1.34. The molecule has 0 aliphatic heterocycles. The highest BCUT2D eigenvalue weighted by atomic mass is 16.5. The zero-order valence-corrected chi connectivity index (χ0v) is 13.9. The Kier molecular flexibility index (Phi) is 4.21. The summed E-state index contributed by atoms with van der Waals surface area (Å²) in [6.45, 7) is 2.00. The number of anilines is 1. The van der Waals surface area contributed by atoms with E-state index in [4.69, 9.17) is 4.74 Å². The van der Waals surface area contributed by atoms with Crippen LogP contribution in [0.2, 0.25) is 0 Å². The Balaban J connectivity index is 2.00. The number of para-hydroxylation sites is 2. The molecule has 0 aliphatic rings. The Hall–Kier alpha value is -3.26. The van der Waals surface area contributed by atoms with Crippen LogP contribution in [0.25, 0.3) is 16.6 Å². The van der Waals surface area contributed by atoms with E-state index in [1.165, 1.54) is 0 Å². The predicted octanol–water partition coefficient (Wildman–Crippen LogP) is 3.87. The molecule has 1 N–H and O–H groups in total. The van der Waals surface area contributed by atoms with Gasteiger partial charge >= 0.3 is 0 Å². The maximum absolute atomic E-state index is 9.55. The minimum Gasteiger partial charge on any atom is -0.495 e. The number of nitrogens with one attached hydrogen (secondary N) is 1. The van der Waals surface area contributed by atoms with Crippen LogP contribution in [0.5, 0.6) is 5.75 Å². The first-order chi connectivity index (χ1) is 11.6. The molecule has 0 saturated heterocycles. The van der Waals surface area contributed by atoms with E-state index in [1.807, 2.05) is 61.0 Å². The van der Waals surface area contributed by atoms with Gasteiger partial charge in [0.05, 0.1) is 23.8 Å². The van der Waals surface area contributed by atoms with Crippen molar-refractivity contribution in [2.75, 3.05) is 12.4 Å². The van der Waals surface area contributed by atoms with Crippen LogP contribution in [0.15, 0.2) is 48.7 Å². The summed E-state index contributed by atoms with van der Waals surface area (Å²) in [6.07, 6.45) is 1.67. The van der Waals surface area contributed by atoms with Crippen molar-refractivity contribution in [3.63, 3.8) is 0 Å². The lowest BCUT2D eigenvalue weighted by molar-refractivity contribution is 0.416. The number of benzene rings is 2. The van der Waals surface area contributed by atoms with E-state index in [1.54, 1.807) is 13.3 Å².